The van der Waals surface area contributed by atoms with E-state index in [0.717, 1.165) is 0 Å². The molecule has 2 N–H and O–H groups in total. The minimum Gasteiger partial charge on any atom is -0.466 e. The zero-order valence-corrected chi connectivity index (χ0v) is 9.67. The number of carbonyl (C=O) groups is 1. The monoisotopic (exact) mass is 244 g/mol. The maximum Gasteiger partial charge on any atom is 0.310 e. The number of halogens is 2. The summed E-state index contributed by atoms with van der Waals surface area (Å²) < 4.78 is 30.2. The first-order valence-corrected chi connectivity index (χ1v) is 5.15. The molecule has 1 heterocycles. The number of nitrogens with two attached hydrogens (primary N) is 1. The Morgan fingerprint density at radius 1 is 1.59 bits per heavy atom. The van der Waals surface area contributed by atoms with Crippen molar-refractivity contribution < 1.29 is 18.3 Å². The number of alkyl halides is 2. The lowest BCUT2D eigenvalue weighted by Gasteiger charge is -2.12. The summed E-state index contributed by atoms with van der Waals surface area (Å²) >= 11 is 0. The van der Waals surface area contributed by atoms with Crippen molar-refractivity contribution >= 4 is 11.7 Å². The highest BCUT2D eigenvalue weighted by Gasteiger charge is 2.19. The molecule has 0 aliphatic rings. The number of pyridine rings is 1. The summed E-state index contributed by atoms with van der Waals surface area (Å²) in [5, 5.41) is 0. The number of aromatic nitrogens is 1. The van der Waals surface area contributed by atoms with Crippen molar-refractivity contribution in [3.8, 4) is 0 Å². The molecular formula is C11H14F2N2O2. The highest BCUT2D eigenvalue weighted by atomic mass is 19.3. The molecule has 6 heteroatoms. The summed E-state index contributed by atoms with van der Waals surface area (Å²) in [5.74, 6) is -0.509. The summed E-state index contributed by atoms with van der Waals surface area (Å²) in [5.41, 5.74) is 5.65. The van der Waals surface area contributed by atoms with E-state index in [1.54, 1.807) is 6.92 Å². The SMILES string of the molecule is CCOC(=O)Cc1cnc(C)c(C(F)F)c1N. The van der Waals surface area contributed by atoms with Crippen LogP contribution in [0.15, 0.2) is 6.20 Å². The highest BCUT2D eigenvalue weighted by Crippen LogP contribution is 2.29. The normalized spacial score (nSPS) is 10.6. The zero-order valence-electron chi connectivity index (χ0n) is 9.67. The third-order valence-corrected chi connectivity index (χ3v) is 2.30. The van der Waals surface area contributed by atoms with Crippen LogP contribution in [0.1, 0.15) is 30.2 Å². The van der Waals surface area contributed by atoms with Crippen molar-refractivity contribution in [2.24, 2.45) is 0 Å². The molecule has 0 saturated carbocycles. The van der Waals surface area contributed by atoms with Gasteiger partial charge in [0, 0.05) is 23.1 Å². The van der Waals surface area contributed by atoms with E-state index in [1.165, 1.54) is 13.1 Å². The average Bonchev–Trinajstić information content (AvgIpc) is 2.22. The van der Waals surface area contributed by atoms with Crippen molar-refractivity contribution in [3.05, 3.63) is 23.0 Å². The van der Waals surface area contributed by atoms with Crippen molar-refractivity contribution in [3.63, 3.8) is 0 Å². The number of esters is 1. The third-order valence-electron chi connectivity index (χ3n) is 2.30. The zero-order chi connectivity index (χ0) is 13.0. The molecule has 94 valence electrons. The van der Waals surface area contributed by atoms with Gasteiger partial charge in [0.15, 0.2) is 0 Å². The van der Waals surface area contributed by atoms with Crippen molar-refractivity contribution in [2.45, 2.75) is 26.7 Å². The van der Waals surface area contributed by atoms with Gasteiger partial charge in [-0.25, -0.2) is 8.78 Å². The van der Waals surface area contributed by atoms with Crippen LogP contribution in [0.4, 0.5) is 14.5 Å². The van der Waals surface area contributed by atoms with E-state index in [1.807, 2.05) is 0 Å². The molecule has 0 atom stereocenters. The third kappa shape index (κ3) is 3.12. The number of nitrogen functional groups attached to an aromatic ring is 1. The quantitative estimate of drug-likeness (QED) is 0.823. The second kappa shape index (κ2) is 5.56. The number of rotatable bonds is 4. The number of aryl methyl sites for hydroxylation is 1. The molecule has 17 heavy (non-hydrogen) atoms. The van der Waals surface area contributed by atoms with Crippen LogP contribution in [-0.2, 0) is 16.0 Å². The maximum absolute atomic E-state index is 12.7. The van der Waals surface area contributed by atoms with E-state index < -0.39 is 12.4 Å². The molecule has 0 amide bonds. The molecule has 0 aromatic carbocycles. The average molecular weight is 244 g/mol. The van der Waals surface area contributed by atoms with E-state index in [4.69, 9.17) is 10.5 Å². The smallest absolute Gasteiger partial charge is 0.310 e. The van der Waals surface area contributed by atoms with E-state index in [9.17, 15) is 13.6 Å². The van der Waals surface area contributed by atoms with E-state index in [0.29, 0.717) is 0 Å². The number of anilines is 1. The van der Waals surface area contributed by atoms with Crippen molar-refractivity contribution in [2.75, 3.05) is 12.3 Å². The maximum atomic E-state index is 12.7. The molecule has 0 bridgehead atoms. The molecule has 0 fully saturated rings. The van der Waals surface area contributed by atoms with Crippen LogP contribution in [0.25, 0.3) is 0 Å². The number of nitrogens with zero attached hydrogens (tertiary/aromatic N) is 1. The molecule has 1 aromatic rings. The first-order chi connectivity index (χ1) is 7.97. The van der Waals surface area contributed by atoms with Gasteiger partial charge in [-0.2, -0.15) is 0 Å². The highest BCUT2D eigenvalue weighted by molar-refractivity contribution is 5.75. The topological polar surface area (TPSA) is 65.2 Å². The van der Waals surface area contributed by atoms with Gasteiger partial charge in [-0.15, -0.1) is 0 Å². The summed E-state index contributed by atoms with van der Waals surface area (Å²) in [6, 6.07) is 0. The van der Waals surface area contributed by atoms with E-state index in [2.05, 4.69) is 4.98 Å². The summed E-state index contributed by atoms with van der Waals surface area (Å²) in [7, 11) is 0. The van der Waals surface area contributed by atoms with Crippen molar-refractivity contribution in [1.29, 1.82) is 0 Å². The van der Waals surface area contributed by atoms with Crippen LogP contribution in [0.2, 0.25) is 0 Å². The van der Waals surface area contributed by atoms with Crippen molar-refractivity contribution in [1.82, 2.24) is 4.98 Å². The first-order valence-electron chi connectivity index (χ1n) is 5.15. The first kappa shape index (κ1) is 13.3. The van der Waals surface area contributed by atoms with Gasteiger partial charge in [0.05, 0.1) is 18.6 Å². The Kier molecular flexibility index (Phi) is 4.37. The lowest BCUT2D eigenvalue weighted by Crippen LogP contribution is -2.12. The number of hydrogen-bond donors (Lipinski definition) is 1. The number of ether oxygens (including phenoxy) is 1. The van der Waals surface area contributed by atoms with Gasteiger partial charge in [-0.1, -0.05) is 0 Å². The molecule has 0 saturated heterocycles. The molecule has 0 radical (unpaired) electrons. The lowest BCUT2D eigenvalue weighted by molar-refractivity contribution is -0.142. The van der Waals surface area contributed by atoms with Gasteiger partial charge in [-0.05, 0) is 13.8 Å². The predicted octanol–water partition coefficient (Wildman–Crippen LogP) is 2.02. The van der Waals surface area contributed by atoms with Gasteiger partial charge in [0.1, 0.15) is 0 Å². The van der Waals surface area contributed by atoms with Crippen LogP contribution >= 0.6 is 0 Å². The van der Waals surface area contributed by atoms with Gasteiger partial charge in [0.2, 0.25) is 0 Å². The Morgan fingerprint density at radius 2 is 2.24 bits per heavy atom. The minimum atomic E-state index is -2.70. The number of hydrogen-bond acceptors (Lipinski definition) is 4. The Bertz CT molecular complexity index is 422. The molecule has 1 aromatic heterocycles. The van der Waals surface area contributed by atoms with Crippen LogP contribution in [0.3, 0.4) is 0 Å². The number of carbonyl (C=O) groups excluding carboxylic acids is 1. The lowest BCUT2D eigenvalue weighted by atomic mass is 10.1. The van der Waals surface area contributed by atoms with Gasteiger partial charge in [-0.3, -0.25) is 9.78 Å². The van der Waals surface area contributed by atoms with Crippen LogP contribution in [-0.4, -0.2) is 17.6 Å². The molecule has 0 spiro atoms. The fourth-order valence-electron chi connectivity index (χ4n) is 1.47. The van der Waals surface area contributed by atoms with Crippen LogP contribution in [0, 0.1) is 6.92 Å². The van der Waals surface area contributed by atoms with Crippen LogP contribution in [0.5, 0.6) is 0 Å². The Morgan fingerprint density at radius 3 is 2.76 bits per heavy atom. The molecular weight excluding hydrogens is 230 g/mol. The van der Waals surface area contributed by atoms with E-state index in [-0.39, 0.29) is 35.5 Å². The molecule has 0 aliphatic carbocycles. The van der Waals surface area contributed by atoms with E-state index >= 15 is 0 Å². The Hall–Kier alpha value is -1.72. The summed E-state index contributed by atoms with van der Waals surface area (Å²) in [4.78, 5) is 15.0. The largest absolute Gasteiger partial charge is 0.466 e. The van der Waals surface area contributed by atoms with Gasteiger partial charge >= 0.3 is 5.97 Å². The standard InChI is InChI=1S/C11H14F2N2O2/c1-3-17-8(16)4-7-5-15-6(2)9(10(7)14)11(12)13/h5,11H,3-4H2,1-2H3,(H2,14,15). The summed E-state index contributed by atoms with van der Waals surface area (Å²) in [6.07, 6.45) is -1.52. The summed E-state index contributed by atoms with van der Waals surface area (Å²) in [6.45, 7) is 3.35. The molecule has 4 nitrogen and oxygen atoms in total. The Labute approximate surface area is 97.8 Å². The molecule has 1 rings (SSSR count). The molecule has 0 aliphatic heterocycles. The second-order valence-electron chi connectivity index (χ2n) is 3.48. The fraction of sp³-hybridized carbons (Fsp3) is 0.455. The predicted molar refractivity (Wildman–Crippen MR) is 58.7 cm³/mol. The van der Waals surface area contributed by atoms with Gasteiger partial charge in [0.25, 0.3) is 6.43 Å². The fourth-order valence-corrected chi connectivity index (χ4v) is 1.47. The van der Waals surface area contributed by atoms with Gasteiger partial charge < -0.3 is 10.5 Å². The second-order valence-corrected chi connectivity index (χ2v) is 3.48. The minimum absolute atomic E-state index is 0.0828. The van der Waals surface area contributed by atoms with Crippen LogP contribution < -0.4 is 5.73 Å². The molecule has 0 unspecified atom stereocenters. The Balaban J connectivity index is 3.02.